The number of halogens is 1. The molecule has 2 amide bonds. The number of anilines is 2. The van der Waals surface area contributed by atoms with Crippen molar-refractivity contribution in [3.8, 4) is 11.5 Å². The van der Waals surface area contributed by atoms with Crippen molar-refractivity contribution in [2.75, 3.05) is 23.6 Å². The lowest BCUT2D eigenvalue weighted by Gasteiger charge is -2.22. The lowest BCUT2D eigenvalue weighted by molar-refractivity contribution is -0.120. The molecule has 0 radical (unpaired) electrons. The number of nitrogens with zero attached hydrogens (tertiary/aromatic N) is 1. The molecule has 0 bridgehead atoms. The molecule has 0 aliphatic carbocycles. The number of nitrogens with one attached hydrogen (secondary N) is 1. The van der Waals surface area contributed by atoms with Gasteiger partial charge in [-0.05, 0) is 42.8 Å². The number of carbonyl (C=O) groups excluding carboxylic acids is 2. The van der Waals surface area contributed by atoms with E-state index in [0.717, 1.165) is 5.56 Å². The minimum Gasteiger partial charge on any atom is -0.454 e. The Bertz CT molecular complexity index is 838. The van der Waals surface area contributed by atoms with E-state index in [1.165, 1.54) is 11.8 Å². The van der Waals surface area contributed by atoms with Crippen LogP contribution in [0.4, 0.5) is 11.4 Å². The molecule has 0 aromatic heterocycles. The lowest BCUT2D eigenvalue weighted by atomic mass is 10.1. The molecule has 2 aromatic rings. The highest BCUT2D eigenvalue weighted by molar-refractivity contribution is 6.30. The number of carbonyl (C=O) groups is 2. The molecule has 1 aliphatic rings. The van der Waals surface area contributed by atoms with Gasteiger partial charge in [-0.1, -0.05) is 11.6 Å². The number of hydrogen-bond acceptors (Lipinski definition) is 4. The van der Waals surface area contributed by atoms with Crippen LogP contribution < -0.4 is 19.7 Å². The second-order valence-corrected chi connectivity index (χ2v) is 6.09. The van der Waals surface area contributed by atoms with E-state index in [2.05, 4.69) is 5.32 Å². The first-order valence-corrected chi connectivity index (χ1v) is 8.05. The molecule has 3 rings (SSSR count). The maximum atomic E-state index is 12.4. The topological polar surface area (TPSA) is 67.9 Å². The zero-order chi connectivity index (χ0) is 18.0. The number of hydrogen-bond donors (Lipinski definition) is 1. The molecule has 1 heterocycles. The van der Waals surface area contributed by atoms with Crippen molar-refractivity contribution >= 4 is 34.8 Å². The second kappa shape index (κ2) is 7.03. The smallest absolute Gasteiger partial charge is 0.244 e. The third kappa shape index (κ3) is 3.85. The Labute approximate surface area is 150 Å². The Morgan fingerprint density at radius 3 is 2.64 bits per heavy atom. The highest BCUT2D eigenvalue weighted by atomic mass is 35.5. The quantitative estimate of drug-likeness (QED) is 0.907. The summed E-state index contributed by atoms with van der Waals surface area (Å²) in [5.74, 6) is 0.671. The molecule has 25 heavy (non-hydrogen) atoms. The van der Waals surface area contributed by atoms with Crippen LogP contribution in [0.1, 0.15) is 12.5 Å². The molecular formula is C18H17ClN2O4. The molecule has 1 N–H and O–H groups in total. The Hall–Kier alpha value is -2.73. The summed E-state index contributed by atoms with van der Waals surface area (Å²) in [6, 6.07) is 10.3. The first kappa shape index (κ1) is 17.1. The van der Waals surface area contributed by atoms with Crippen molar-refractivity contribution in [1.29, 1.82) is 0 Å². The average Bonchev–Trinajstić information content (AvgIpc) is 3.00. The maximum absolute atomic E-state index is 12.4. The third-order valence-corrected chi connectivity index (χ3v) is 4.02. The van der Waals surface area contributed by atoms with Gasteiger partial charge < -0.3 is 19.7 Å². The fourth-order valence-electron chi connectivity index (χ4n) is 2.61. The monoisotopic (exact) mass is 360 g/mol. The summed E-state index contributed by atoms with van der Waals surface area (Å²) in [5, 5.41) is 3.34. The van der Waals surface area contributed by atoms with Gasteiger partial charge in [0.2, 0.25) is 18.6 Å². The van der Waals surface area contributed by atoms with E-state index >= 15 is 0 Å². The molecule has 0 saturated carbocycles. The van der Waals surface area contributed by atoms with Crippen molar-refractivity contribution in [2.45, 2.75) is 13.8 Å². The van der Waals surface area contributed by atoms with Crippen LogP contribution in [0.3, 0.4) is 0 Å². The van der Waals surface area contributed by atoms with Crippen molar-refractivity contribution in [1.82, 2.24) is 0 Å². The van der Waals surface area contributed by atoms with Crippen LogP contribution in [-0.4, -0.2) is 25.2 Å². The van der Waals surface area contributed by atoms with Gasteiger partial charge >= 0.3 is 0 Å². The van der Waals surface area contributed by atoms with Crippen molar-refractivity contribution < 1.29 is 19.1 Å². The van der Waals surface area contributed by atoms with Gasteiger partial charge in [0.15, 0.2) is 11.5 Å². The number of ether oxygens (including phenoxy) is 2. The first-order valence-electron chi connectivity index (χ1n) is 7.68. The number of rotatable bonds is 4. The van der Waals surface area contributed by atoms with Crippen molar-refractivity contribution in [3.05, 3.63) is 47.0 Å². The average molecular weight is 361 g/mol. The van der Waals surface area contributed by atoms with Gasteiger partial charge in [-0.3, -0.25) is 9.59 Å². The summed E-state index contributed by atoms with van der Waals surface area (Å²) in [5.41, 5.74) is 2.04. The summed E-state index contributed by atoms with van der Waals surface area (Å²) in [4.78, 5) is 25.8. The van der Waals surface area contributed by atoms with Crippen LogP contribution in [-0.2, 0) is 9.59 Å². The van der Waals surface area contributed by atoms with Gasteiger partial charge in [-0.2, -0.15) is 0 Å². The standard InChI is InChI=1S/C18H17ClN2O4/c1-11-7-13(19)3-5-15(11)21(12(2)22)9-18(23)20-14-4-6-16-17(8-14)25-10-24-16/h3-8H,9-10H2,1-2H3,(H,20,23). The van der Waals surface area contributed by atoms with Crippen LogP contribution in [0.5, 0.6) is 11.5 Å². The van der Waals surface area contributed by atoms with Crippen LogP contribution in [0.25, 0.3) is 0 Å². The fraction of sp³-hybridized carbons (Fsp3) is 0.222. The van der Waals surface area contributed by atoms with Gasteiger partial charge in [0.05, 0.1) is 0 Å². The molecule has 2 aromatic carbocycles. The van der Waals surface area contributed by atoms with Crippen LogP contribution in [0, 0.1) is 6.92 Å². The Kier molecular flexibility index (Phi) is 4.81. The molecular weight excluding hydrogens is 344 g/mol. The van der Waals surface area contributed by atoms with E-state index in [0.29, 0.717) is 27.9 Å². The zero-order valence-electron chi connectivity index (χ0n) is 13.8. The molecule has 0 atom stereocenters. The second-order valence-electron chi connectivity index (χ2n) is 5.65. The minimum absolute atomic E-state index is 0.105. The molecule has 1 aliphatic heterocycles. The maximum Gasteiger partial charge on any atom is 0.244 e. The van der Waals surface area contributed by atoms with Gasteiger partial charge in [0.25, 0.3) is 0 Å². The molecule has 6 nitrogen and oxygen atoms in total. The molecule has 7 heteroatoms. The third-order valence-electron chi connectivity index (χ3n) is 3.79. The number of amides is 2. The summed E-state index contributed by atoms with van der Waals surface area (Å²) in [6.07, 6.45) is 0. The van der Waals surface area contributed by atoms with Crippen LogP contribution >= 0.6 is 11.6 Å². The predicted molar refractivity (Wildman–Crippen MR) is 95.4 cm³/mol. The highest BCUT2D eigenvalue weighted by Crippen LogP contribution is 2.34. The molecule has 0 spiro atoms. The van der Waals surface area contributed by atoms with E-state index in [4.69, 9.17) is 21.1 Å². The summed E-state index contributed by atoms with van der Waals surface area (Å²) >= 11 is 5.96. The normalized spacial score (nSPS) is 12.0. The van der Waals surface area contributed by atoms with Crippen LogP contribution in [0.2, 0.25) is 5.02 Å². The van der Waals surface area contributed by atoms with Gasteiger partial charge in [0, 0.05) is 29.4 Å². The minimum atomic E-state index is -0.316. The summed E-state index contributed by atoms with van der Waals surface area (Å²) < 4.78 is 10.5. The van der Waals surface area contributed by atoms with Gasteiger partial charge in [0.1, 0.15) is 6.54 Å². The Balaban J connectivity index is 1.74. The largest absolute Gasteiger partial charge is 0.454 e. The molecule has 0 unspecified atom stereocenters. The zero-order valence-corrected chi connectivity index (χ0v) is 14.6. The highest BCUT2D eigenvalue weighted by Gasteiger charge is 2.19. The summed E-state index contributed by atoms with van der Waals surface area (Å²) in [6.45, 7) is 3.32. The van der Waals surface area contributed by atoms with E-state index in [-0.39, 0.29) is 25.2 Å². The van der Waals surface area contributed by atoms with Crippen molar-refractivity contribution in [3.63, 3.8) is 0 Å². The van der Waals surface area contributed by atoms with E-state index in [1.807, 2.05) is 6.92 Å². The SMILES string of the molecule is CC(=O)N(CC(=O)Nc1ccc2c(c1)OCO2)c1ccc(Cl)cc1C. The number of fused-ring (bicyclic) bond motifs is 1. The van der Waals surface area contributed by atoms with E-state index in [9.17, 15) is 9.59 Å². The number of aryl methyl sites for hydroxylation is 1. The molecule has 130 valence electrons. The lowest BCUT2D eigenvalue weighted by Crippen LogP contribution is -2.37. The van der Waals surface area contributed by atoms with Gasteiger partial charge in [-0.25, -0.2) is 0 Å². The fourth-order valence-corrected chi connectivity index (χ4v) is 2.83. The van der Waals surface area contributed by atoms with Gasteiger partial charge in [-0.15, -0.1) is 0 Å². The predicted octanol–water partition coefficient (Wildman–Crippen LogP) is 3.37. The van der Waals surface area contributed by atoms with Crippen LogP contribution in [0.15, 0.2) is 36.4 Å². The number of benzene rings is 2. The molecule has 0 saturated heterocycles. The summed E-state index contributed by atoms with van der Waals surface area (Å²) in [7, 11) is 0. The Morgan fingerprint density at radius 1 is 1.16 bits per heavy atom. The van der Waals surface area contributed by atoms with E-state index < -0.39 is 0 Å². The Morgan fingerprint density at radius 2 is 1.92 bits per heavy atom. The molecule has 0 fully saturated rings. The van der Waals surface area contributed by atoms with E-state index in [1.54, 1.807) is 36.4 Å². The first-order chi connectivity index (χ1) is 11.9. The van der Waals surface area contributed by atoms with Crippen molar-refractivity contribution in [2.24, 2.45) is 0 Å².